The van der Waals surface area contributed by atoms with Crippen molar-refractivity contribution in [2.75, 3.05) is 5.32 Å². The molecule has 0 unspecified atom stereocenters. The summed E-state index contributed by atoms with van der Waals surface area (Å²) in [6.07, 6.45) is 0. The normalized spacial score (nSPS) is 10.5. The van der Waals surface area contributed by atoms with Crippen LogP contribution in [-0.4, -0.2) is 31.0 Å². The average molecular weight is 416 g/mol. The third-order valence-electron chi connectivity index (χ3n) is 4.36. The highest BCUT2D eigenvalue weighted by atomic mass is 16.6. The number of hydrogen-bond donors (Lipinski definition) is 1. The number of nitro groups is 1. The first-order chi connectivity index (χ1) is 15.0. The van der Waals surface area contributed by atoms with Gasteiger partial charge in [-0.15, -0.1) is 5.10 Å². The quantitative estimate of drug-likeness (QED) is 0.373. The fourth-order valence-electron chi connectivity index (χ4n) is 2.90. The fraction of sp³-hybridized carbons (Fsp3) is 0.0476. The molecule has 1 N–H and O–H groups in total. The van der Waals surface area contributed by atoms with Gasteiger partial charge in [-0.05, 0) is 53.7 Å². The first kappa shape index (κ1) is 19.7. The molecule has 0 aliphatic heterocycles. The van der Waals surface area contributed by atoms with Crippen LogP contribution in [-0.2, 0) is 0 Å². The van der Waals surface area contributed by atoms with E-state index in [2.05, 4.69) is 20.8 Å². The minimum Gasteiger partial charge on any atom is -0.457 e. The number of hydrogen-bond acceptors (Lipinski definition) is 7. The molecule has 1 amide bonds. The monoisotopic (exact) mass is 416 g/mol. The number of non-ortho nitro benzene ring substituents is 1. The number of rotatable bonds is 6. The van der Waals surface area contributed by atoms with E-state index >= 15 is 0 Å². The predicted molar refractivity (Wildman–Crippen MR) is 111 cm³/mol. The summed E-state index contributed by atoms with van der Waals surface area (Å²) in [6, 6.07) is 19.6. The van der Waals surface area contributed by atoms with Crippen molar-refractivity contribution in [1.29, 1.82) is 0 Å². The van der Waals surface area contributed by atoms with Crippen molar-refractivity contribution in [3.8, 4) is 17.2 Å². The fourth-order valence-corrected chi connectivity index (χ4v) is 2.90. The summed E-state index contributed by atoms with van der Waals surface area (Å²) in [5.41, 5.74) is 0.931. The van der Waals surface area contributed by atoms with Gasteiger partial charge in [-0.25, -0.2) is 0 Å². The smallest absolute Gasteiger partial charge is 0.270 e. The van der Waals surface area contributed by atoms with Crippen LogP contribution in [0.1, 0.15) is 16.2 Å². The minimum atomic E-state index is -0.565. The number of aromatic nitrogens is 4. The number of aryl methyl sites for hydroxylation is 1. The molecular formula is C21H16N6O4. The Kier molecular flexibility index (Phi) is 5.35. The molecule has 4 aromatic rings. The molecule has 0 saturated heterocycles. The van der Waals surface area contributed by atoms with Crippen molar-refractivity contribution >= 4 is 17.3 Å². The van der Waals surface area contributed by atoms with Crippen LogP contribution in [0.15, 0.2) is 72.8 Å². The summed E-state index contributed by atoms with van der Waals surface area (Å²) in [7, 11) is 0. The number of nitrogens with zero attached hydrogens (tertiary/aromatic N) is 5. The summed E-state index contributed by atoms with van der Waals surface area (Å²) >= 11 is 0. The van der Waals surface area contributed by atoms with Crippen molar-refractivity contribution in [2.24, 2.45) is 0 Å². The van der Waals surface area contributed by atoms with E-state index in [-0.39, 0.29) is 17.0 Å². The number of nitrogens with one attached hydrogen (secondary N) is 1. The Hall–Kier alpha value is -4.60. The molecule has 31 heavy (non-hydrogen) atoms. The van der Waals surface area contributed by atoms with Crippen LogP contribution in [0.5, 0.6) is 11.5 Å². The lowest BCUT2D eigenvalue weighted by molar-refractivity contribution is -0.384. The molecular weight excluding hydrogens is 400 g/mol. The number of amides is 1. The Labute approximate surface area is 176 Å². The molecule has 154 valence electrons. The van der Waals surface area contributed by atoms with Crippen LogP contribution < -0.4 is 10.1 Å². The summed E-state index contributed by atoms with van der Waals surface area (Å²) in [6.45, 7) is 1.75. The molecule has 4 rings (SSSR count). The van der Waals surface area contributed by atoms with E-state index in [4.69, 9.17) is 4.74 Å². The molecule has 0 spiro atoms. The van der Waals surface area contributed by atoms with Crippen LogP contribution in [0, 0.1) is 17.0 Å². The maximum Gasteiger partial charge on any atom is 0.270 e. The van der Waals surface area contributed by atoms with Crippen LogP contribution in [0.25, 0.3) is 5.69 Å². The Morgan fingerprint density at radius 3 is 2.58 bits per heavy atom. The van der Waals surface area contributed by atoms with Crippen molar-refractivity contribution in [3.63, 3.8) is 0 Å². The lowest BCUT2D eigenvalue weighted by atomic mass is 10.1. The van der Waals surface area contributed by atoms with Gasteiger partial charge in [-0.2, -0.15) is 4.68 Å². The van der Waals surface area contributed by atoms with Crippen LogP contribution in [0.3, 0.4) is 0 Å². The number of para-hydroxylation sites is 1. The molecule has 1 aromatic heterocycles. The zero-order chi connectivity index (χ0) is 21.8. The van der Waals surface area contributed by atoms with Gasteiger partial charge in [0.15, 0.2) is 5.82 Å². The van der Waals surface area contributed by atoms with Gasteiger partial charge in [0.2, 0.25) is 0 Å². The predicted octanol–water partition coefficient (Wildman–Crippen LogP) is 3.92. The van der Waals surface area contributed by atoms with E-state index < -0.39 is 10.8 Å². The summed E-state index contributed by atoms with van der Waals surface area (Å²) in [5.74, 6) is 0.726. The van der Waals surface area contributed by atoms with E-state index in [9.17, 15) is 14.9 Å². The Morgan fingerprint density at radius 1 is 1.06 bits per heavy atom. The molecule has 0 atom stereocenters. The number of benzene rings is 3. The number of carbonyl (C=O) groups excluding carboxylic acids is 1. The van der Waals surface area contributed by atoms with Gasteiger partial charge in [-0.3, -0.25) is 14.9 Å². The maximum atomic E-state index is 13.0. The first-order valence-electron chi connectivity index (χ1n) is 9.19. The number of ether oxygens (including phenoxy) is 1. The molecule has 0 aliphatic carbocycles. The van der Waals surface area contributed by atoms with Crippen molar-refractivity contribution in [2.45, 2.75) is 6.92 Å². The van der Waals surface area contributed by atoms with Gasteiger partial charge in [0, 0.05) is 17.8 Å². The van der Waals surface area contributed by atoms with Gasteiger partial charge in [0.1, 0.15) is 11.5 Å². The third-order valence-corrected chi connectivity index (χ3v) is 4.36. The van der Waals surface area contributed by atoms with E-state index in [1.54, 1.807) is 55.5 Å². The molecule has 0 aliphatic rings. The summed E-state index contributed by atoms with van der Waals surface area (Å²) < 4.78 is 7.31. The van der Waals surface area contributed by atoms with Crippen LogP contribution in [0.2, 0.25) is 0 Å². The first-order valence-corrected chi connectivity index (χ1v) is 9.19. The average Bonchev–Trinajstić information content (AvgIpc) is 3.20. The lowest BCUT2D eigenvalue weighted by Gasteiger charge is -2.12. The second kappa shape index (κ2) is 8.41. The molecule has 0 bridgehead atoms. The second-order valence-electron chi connectivity index (χ2n) is 6.50. The van der Waals surface area contributed by atoms with Gasteiger partial charge in [0.25, 0.3) is 11.6 Å². The zero-order valence-corrected chi connectivity index (χ0v) is 16.3. The number of nitro benzene ring substituents is 1. The molecule has 10 nitrogen and oxygen atoms in total. The Bertz CT molecular complexity index is 1260. The standard InChI is InChI=1S/C21H16N6O4/c1-14-23-24-25-26(14)16-7-5-6-15(12-16)22-21(28)19-13-17(27(29)30)10-11-20(19)31-18-8-3-2-4-9-18/h2-13H,1H3,(H,22,28). The maximum absolute atomic E-state index is 13.0. The molecule has 0 radical (unpaired) electrons. The Morgan fingerprint density at radius 2 is 1.87 bits per heavy atom. The number of tetrazole rings is 1. The van der Waals surface area contributed by atoms with Crippen LogP contribution in [0.4, 0.5) is 11.4 Å². The molecule has 10 heteroatoms. The van der Waals surface area contributed by atoms with E-state index in [0.717, 1.165) is 0 Å². The Balaban J connectivity index is 1.65. The van der Waals surface area contributed by atoms with Gasteiger partial charge in [-0.1, -0.05) is 24.3 Å². The lowest BCUT2D eigenvalue weighted by Crippen LogP contribution is -2.14. The highest BCUT2D eigenvalue weighted by Crippen LogP contribution is 2.29. The molecule has 0 fully saturated rings. The van der Waals surface area contributed by atoms with Gasteiger partial charge < -0.3 is 10.1 Å². The SMILES string of the molecule is Cc1nnnn1-c1cccc(NC(=O)c2cc([N+](=O)[O-])ccc2Oc2ccccc2)c1. The highest BCUT2D eigenvalue weighted by molar-refractivity contribution is 6.06. The van der Waals surface area contributed by atoms with Gasteiger partial charge >= 0.3 is 0 Å². The number of anilines is 1. The third kappa shape index (κ3) is 4.37. The summed E-state index contributed by atoms with van der Waals surface area (Å²) in [4.78, 5) is 23.7. The second-order valence-corrected chi connectivity index (χ2v) is 6.50. The summed E-state index contributed by atoms with van der Waals surface area (Å²) in [5, 5.41) is 25.3. The van der Waals surface area contributed by atoms with E-state index in [0.29, 0.717) is 22.9 Å². The largest absolute Gasteiger partial charge is 0.457 e. The zero-order valence-electron chi connectivity index (χ0n) is 16.3. The van der Waals surface area contributed by atoms with E-state index in [1.165, 1.54) is 22.9 Å². The van der Waals surface area contributed by atoms with Gasteiger partial charge in [0.05, 0.1) is 16.2 Å². The van der Waals surface area contributed by atoms with Crippen molar-refractivity contribution in [3.05, 3.63) is 94.3 Å². The molecule has 3 aromatic carbocycles. The minimum absolute atomic E-state index is 0.0297. The molecule has 0 saturated carbocycles. The molecule has 1 heterocycles. The van der Waals surface area contributed by atoms with Crippen LogP contribution >= 0.6 is 0 Å². The van der Waals surface area contributed by atoms with Crippen molar-refractivity contribution in [1.82, 2.24) is 20.2 Å². The highest BCUT2D eigenvalue weighted by Gasteiger charge is 2.19. The van der Waals surface area contributed by atoms with E-state index in [1.807, 2.05) is 6.07 Å². The van der Waals surface area contributed by atoms with Crippen molar-refractivity contribution < 1.29 is 14.5 Å². The topological polar surface area (TPSA) is 125 Å². The number of carbonyl (C=O) groups is 1.